The molecule has 1 aromatic carbocycles. The normalized spacial score (nSPS) is 16.6. The molecule has 3 rings (SSSR count). The fourth-order valence-corrected chi connectivity index (χ4v) is 2.81. The summed E-state index contributed by atoms with van der Waals surface area (Å²) in [6.45, 7) is -3.02. The molecule has 1 aromatic heterocycles. The van der Waals surface area contributed by atoms with Crippen molar-refractivity contribution < 1.29 is 23.0 Å². The van der Waals surface area contributed by atoms with Crippen molar-refractivity contribution in [2.75, 3.05) is 7.11 Å². The lowest BCUT2D eigenvalue weighted by Crippen LogP contribution is -2.38. The van der Waals surface area contributed by atoms with Crippen LogP contribution < -0.4 is 14.8 Å². The molecule has 0 saturated carbocycles. The predicted octanol–water partition coefficient (Wildman–Crippen LogP) is 2.31. The van der Waals surface area contributed by atoms with E-state index in [-0.39, 0.29) is 17.4 Å². The Hall–Kier alpha value is -2.64. The fourth-order valence-electron chi connectivity index (χ4n) is 2.81. The van der Waals surface area contributed by atoms with Gasteiger partial charge in [-0.3, -0.25) is 9.89 Å². The van der Waals surface area contributed by atoms with Crippen LogP contribution in [0.1, 0.15) is 28.0 Å². The Bertz CT molecular complexity index is 733. The van der Waals surface area contributed by atoms with Crippen LogP contribution in [0.3, 0.4) is 0 Å². The van der Waals surface area contributed by atoms with Gasteiger partial charge in [0.05, 0.1) is 18.9 Å². The molecule has 1 amide bonds. The van der Waals surface area contributed by atoms with E-state index in [4.69, 9.17) is 4.74 Å². The average Bonchev–Trinajstić information content (AvgIpc) is 3.01. The zero-order valence-electron chi connectivity index (χ0n) is 13.0. The second-order valence-electron chi connectivity index (χ2n) is 5.53. The minimum Gasteiger partial charge on any atom is -0.497 e. The second kappa shape index (κ2) is 6.86. The Morgan fingerprint density at radius 2 is 2.29 bits per heavy atom. The monoisotopic (exact) mass is 337 g/mol. The molecular weight excluding hydrogens is 320 g/mol. The van der Waals surface area contributed by atoms with E-state index in [0.717, 1.165) is 24.1 Å². The van der Waals surface area contributed by atoms with E-state index in [1.165, 1.54) is 25.3 Å². The highest BCUT2D eigenvalue weighted by atomic mass is 19.3. The molecule has 0 fully saturated rings. The van der Waals surface area contributed by atoms with Crippen molar-refractivity contribution in [3.63, 3.8) is 0 Å². The summed E-state index contributed by atoms with van der Waals surface area (Å²) in [5.74, 6) is -0.324. The van der Waals surface area contributed by atoms with Gasteiger partial charge in [0.2, 0.25) is 0 Å². The van der Waals surface area contributed by atoms with Crippen LogP contribution in [0.15, 0.2) is 24.4 Å². The minimum absolute atomic E-state index is 0.0501. The van der Waals surface area contributed by atoms with Crippen LogP contribution in [0, 0.1) is 0 Å². The molecule has 2 N–H and O–H groups in total. The van der Waals surface area contributed by atoms with Crippen LogP contribution in [-0.4, -0.2) is 35.9 Å². The van der Waals surface area contributed by atoms with Crippen molar-refractivity contribution in [3.05, 3.63) is 41.2 Å². The number of carbonyl (C=O) groups excluding carboxylic acids is 1. The number of methoxy groups -OCH3 is 1. The Balaban J connectivity index is 1.75. The number of H-pyrrole nitrogens is 1. The molecule has 0 unspecified atom stereocenters. The summed E-state index contributed by atoms with van der Waals surface area (Å²) in [5.41, 5.74) is 2.19. The molecular formula is C16H17F2N3O3. The van der Waals surface area contributed by atoms with E-state index >= 15 is 0 Å². The number of halogens is 2. The van der Waals surface area contributed by atoms with Crippen molar-refractivity contribution in [1.82, 2.24) is 15.5 Å². The molecule has 24 heavy (non-hydrogen) atoms. The summed E-state index contributed by atoms with van der Waals surface area (Å²) in [6, 6.07) is 4.14. The summed E-state index contributed by atoms with van der Waals surface area (Å²) in [5, 5.41) is 9.78. The minimum atomic E-state index is -3.02. The molecule has 8 heteroatoms. The molecule has 1 aliphatic carbocycles. The van der Waals surface area contributed by atoms with E-state index in [9.17, 15) is 13.6 Å². The molecule has 0 spiro atoms. The van der Waals surface area contributed by atoms with E-state index in [1.54, 1.807) is 6.20 Å². The van der Waals surface area contributed by atoms with Gasteiger partial charge in [0.25, 0.3) is 5.91 Å². The third-order valence-electron chi connectivity index (χ3n) is 4.00. The van der Waals surface area contributed by atoms with E-state index in [2.05, 4.69) is 20.3 Å². The number of nitrogens with zero attached hydrogens (tertiary/aromatic N) is 1. The second-order valence-corrected chi connectivity index (χ2v) is 5.53. The summed E-state index contributed by atoms with van der Waals surface area (Å²) < 4.78 is 34.6. The summed E-state index contributed by atoms with van der Waals surface area (Å²) in [7, 11) is 1.41. The first-order chi connectivity index (χ1) is 11.6. The summed E-state index contributed by atoms with van der Waals surface area (Å²) in [6.07, 6.45) is 3.93. The van der Waals surface area contributed by atoms with E-state index in [0.29, 0.717) is 12.2 Å². The number of nitrogens with one attached hydrogen (secondary N) is 2. The third-order valence-corrected chi connectivity index (χ3v) is 4.00. The van der Waals surface area contributed by atoms with E-state index in [1.807, 2.05) is 0 Å². The topological polar surface area (TPSA) is 76.2 Å². The molecule has 0 saturated heterocycles. The van der Waals surface area contributed by atoms with Crippen LogP contribution in [0.5, 0.6) is 11.5 Å². The zero-order valence-corrected chi connectivity index (χ0v) is 13.0. The van der Waals surface area contributed by atoms with Gasteiger partial charge in [-0.1, -0.05) is 0 Å². The summed E-state index contributed by atoms with van der Waals surface area (Å²) in [4.78, 5) is 12.5. The van der Waals surface area contributed by atoms with Crippen molar-refractivity contribution in [2.45, 2.75) is 31.9 Å². The van der Waals surface area contributed by atoms with Crippen molar-refractivity contribution in [1.29, 1.82) is 0 Å². The van der Waals surface area contributed by atoms with Crippen molar-refractivity contribution >= 4 is 5.91 Å². The van der Waals surface area contributed by atoms with Crippen LogP contribution in [0.25, 0.3) is 0 Å². The SMILES string of the molecule is COc1ccc(C(=O)N[C@@H]2CCc3[nH]ncc3C2)c(OC(F)F)c1. The summed E-state index contributed by atoms with van der Waals surface area (Å²) >= 11 is 0. The van der Waals surface area contributed by atoms with Gasteiger partial charge in [-0.05, 0) is 37.0 Å². The van der Waals surface area contributed by atoms with Crippen molar-refractivity contribution in [3.8, 4) is 11.5 Å². The van der Waals surface area contributed by atoms with Gasteiger partial charge >= 0.3 is 6.61 Å². The Labute approximate surface area is 137 Å². The smallest absolute Gasteiger partial charge is 0.387 e. The van der Waals surface area contributed by atoms with Gasteiger partial charge in [0.15, 0.2) is 0 Å². The average molecular weight is 337 g/mol. The standard InChI is InChI=1S/C16H17F2N3O3/c1-23-11-3-4-12(14(7-11)24-16(17)18)15(22)20-10-2-5-13-9(6-10)8-19-21-13/h3-4,7-8,10,16H,2,5-6H2,1H3,(H,19,21)(H,20,22)/t10-/m1/s1. The predicted molar refractivity (Wildman–Crippen MR) is 81.5 cm³/mol. The maximum Gasteiger partial charge on any atom is 0.387 e. The molecule has 2 aromatic rings. The molecule has 0 aliphatic heterocycles. The van der Waals surface area contributed by atoms with Gasteiger partial charge in [-0.15, -0.1) is 0 Å². The fraction of sp³-hybridized carbons (Fsp3) is 0.375. The lowest BCUT2D eigenvalue weighted by molar-refractivity contribution is -0.0502. The Morgan fingerprint density at radius 1 is 1.46 bits per heavy atom. The lowest BCUT2D eigenvalue weighted by atomic mass is 9.93. The van der Waals surface area contributed by atoms with E-state index < -0.39 is 12.5 Å². The number of fused-ring (bicyclic) bond motifs is 1. The molecule has 0 radical (unpaired) electrons. The maximum atomic E-state index is 12.6. The third kappa shape index (κ3) is 3.47. The first-order valence-electron chi connectivity index (χ1n) is 7.51. The molecule has 0 bridgehead atoms. The highest BCUT2D eigenvalue weighted by Crippen LogP contribution is 2.27. The number of carbonyl (C=O) groups is 1. The highest BCUT2D eigenvalue weighted by molar-refractivity contribution is 5.97. The number of benzene rings is 1. The van der Waals surface area contributed by atoms with Crippen molar-refractivity contribution in [2.24, 2.45) is 0 Å². The van der Waals surface area contributed by atoms with Gasteiger partial charge in [-0.2, -0.15) is 13.9 Å². The number of rotatable bonds is 5. The Morgan fingerprint density at radius 3 is 3.04 bits per heavy atom. The van der Waals surface area contributed by atoms with Crippen LogP contribution in [-0.2, 0) is 12.8 Å². The van der Waals surface area contributed by atoms with Crippen LogP contribution in [0.2, 0.25) is 0 Å². The number of hydrogen-bond acceptors (Lipinski definition) is 4. The van der Waals surface area contributed by atoms with Crippen LogP contribution >= 0.6 is 0 Å². The van der Waals surface area contributed by atoms with Gasteiger partial charge in [0.1, 0.15) is 11.5 Å². The molecule has 1 aliphatic rings. The molecule has 1 atom stereocenters. The number of amides is 1. The number of ether oxygens (including phenoxy) is 2. The number of alkyl halides is 2. The quantitative estimate of drug-likeness (QED) is 0.878. The number of aromatic nitrogens is 2. The lowest BCUT2D eigenvalue weighted by Gasteiger charge is -2.23. The highest BCUT2D eigenvalue weighted by Gasteiger charge is 2.24. The first kappa shape index (κ1) is 16.2. The number of hydrogen-bond donors (Lipinski definition) is 2. The maximum absolute atomic E-state index is 12.6. The zero-order chi connectivity index (χ0) is 17.1. The molecule has 6 nitrogen and oxygen atoms in total. The molecule has 128 valence electrons. The van der Waals surface area contributed by atoms with Gasteiger partial charge in [0, 0.05) is 17.8 Å². The number of aromatic amines is 1. The van der Waals surface area contributed by atoms with Gasteiger partial charge in [-0.25, -0.2) is 0 Å². The first-order valence-corrected chi connectivity index (χ1v) is 7.51. The van der Waals surface area contributed by atoms with Gasteiger partial charge < -0.3 is 14.8 Å². The Kier molecular flexibility index (Phi) is 4.64. The van der Waals surface area contributed by atoms with Crippen LogP contribution in [0.4, 0.5) is 8.78 Å². The number of aryl methyl sites for hydroxylation is 1. The molecule has 1 heterocycles. The largest absolute Gasteiger partial charge is 0.497 e.